The molecule has 0 aliphatic carbocycles. The minimum absolute atomic E-state index is 0.102. The van der Waals surface area contributed by atoms with Gasteiger partial charge in [0.05, 0.1) is 13.2 Å². The van der Waals surface area contributed by atoms with Gasteiger partial charge in [-0.2, -0.15) is 5.10 Å². The Balaban J connectivity index is 2.38. The van der Waals surface area contributed by atoms with E-state index in [-0.39, 0.29) is 19.0 Å². The van der Waals surface area contributed by atoms with Crippen LogP contribution in [-0.2, 0) is 17.9 Å². The molecule has 0 aliphatic rings. The second-order valence-electron chi connectivity index (χ2n) is 2.35. The third kappa shape index (κ3) is 3.30. The molecule has 14 heavy (non-hydrogen) atoms. The van der Waals surface area contributed by atoms with Crippen molar-refractivity contribution in [1.82, 2.24) is 14.8 Å². The van der Waals surface area contributed by atoms with Crippen LogP contribution >= 0.6 is 0 Å². The maximum absolute atomic E-state index is 11.5. The van der Waals surface area contributed by atoms with Gasteiger partial charge in [-0.25, -0.2) is 9.67 Å². The molecule has 80 valence electrons. The van der Waals surface area contributed by atoms with Gasteiger partial charge in [0.2, 0.25) is 0 Å². The predicted octanol–water partition coefficient (Wildman–Crippen LogP) is 0.307. The van der Waals surface area contributed by atoms with Gasteiger partial charge in [0.1, 0.15) is 12.9 Å². The fourth-order valence-electron chi connectivity index (χ4n) is 0.845. The Morgan fingerprint density at radius 3 is 2.79 bits per heavy atom. The maximum Gasteiger partial charge on any atom is 0.522 e. The number of aromatic nitrogens is 3. The van der Waals surface area contributed by atoms with Crippen LogP contribution in [0.5, 0.6) is 0 Å². The number of aliphatic hydroxyl groups is 1. The van der Waals surface area contributed by atoms with Gasteiger partial charge >= 0.3 is 6.36 Å². The molecule has 0 saturated carbocycles. The zero-order valence-electron chi connectivity index (χ0n) is 7.03. The Kier molecular flexibility index (Phi) is 3.42. The average molecular weight is 211 g/mol. The van der Waals surface area contributed by atoms with Crippen LogP contribution in [0.25, 0.3) is 0 Å². The van der Waals surface area contributed by atoms with Crippen molar-refractivity contribution in [2.75, 3.05) is 6.61 Å². The SMILES string of the molecule is OCc1ncnn1CCOC(F)(F)F. The Hall–Kier alpha value is -1.15. The molecule has 8 heteroatoms. The van der Waals surface area contributed by atoms with E-state index in [1.54, 1.807) is 0 Å². The van der Waals surface area contributed by atoms with Crippen molar-refractivity contribution < 1.29 is 23.0 Å². The number of hydrogen-bond donors (Lipinski definition) is 1. The highest BCUT2D eigenvalue weighted by molar-refractivity contribution is 4.80. The molecule has 0 spiro atoms. The molecule has 0 atom stereocenters. The monoisotopic (exact) mass is 211 g/mol. The third-order valence-corrected chi connectivity index (χ3v) is 1.41. The maximum atomic E-state index is 11.5. The molecule has 0 unspecified atom stereocenters. The molecule has 0 aliphatic heterocycles. The van der Waals surface area contributed by atoms with Crippen molar-refractivity contribution in [2.24, 2.45) is 0 Å². The Labute approximate surface area is 77.1 Å². The predicted molar refractivity (Wildman–Crippen MR) is 38.0 cm³/mol. The molecule has 1 aromatic heterocycles. The van der Waals surface area contributed by atoms with Crippen LogP contribution in [0.1, 0.15) is 5.82 Å². The lowest BCUT2D eigenvalue weighted by Gasteiger charge is -2.07. The summed E-state index contributed by atoms with van der Waals surface area (Å²) in [5.41, 5.74) is 0. The van der Waals surface area contributed by atoms with Crippen molar-refractivity contribution in [1.29, 1.82) is 0 Å². The van der Waals surface area contributed by atoms with Crippen LogP contribution in [0.15, 0.2) is 6.33 Å². The number of alkyl halides is 3. The summed E-state index contributed by atoms with van der Waals surface area (Å²) in [5.74, 6) is 0.204. The van der Waals surface area contributed by atoms with Gasteiger partial charge in [-0.05, 0) is 0 Å². The molecule has 0 saturated heterocycles. The summed E-state index contributed by atoms with van der Waals surface area (Å²) in [6, 6.07) is 0. The molecule has 1 aromatic rings. The number of halogens is 3. The molecule has 1 N–H and O–H groups in total. The smallest absolute Gasteiger partial charge is 0.388 e. The Morgan fingerprint density at radius 1 is 1.50 bits per heavy atom. The van der Waals surface area contributed by atoms with Crippen LogP contribution in [0.2, 0.25) is 0 Å². The van der Waals surface area contributed by atoms with E-state index in [1.165, 1.54) is 0 Å². The van der Waals surface area contributed by atoms with E-state index in [0.29, 0.717) is 0 Å². The molecule has 5 nitrogen and oxygen atoms in total. The zero-order valence-corrected chi connectivity index (χ0v) is 7.03. The van der Waals surface area contributed by atoms with Crippen LogP contribution in [0.4, 0.5) is 13.2 Å². The topological polar surface area (TPSA) is 60.2 Å². The van der Waals surface area contributed by atoms with E-state index in [0.717, 1.165) is 11.0 Å². The highest BCUT2D eigenvalue weighted by Crippen LogP contribution is 2.15. The lowest BCUT2D eigenvalue weighted by molar-refractivity contribution is -0.325. The van der Waals surface area contributed by atoms with Crippen LogP contribution in [0, 0.1) is 0 Å². The summed E-state index contributed by atoms with van der Waals surface area (Å²) in [6.07, 6.45) is -3.49. The van der Waals surface area contributed by atoms with Crippen molar-refractivity contribution >= 4 is 0 Å². The van der Waals surface area contributed by atoms with Crippen LogP contribution in [-0.4, -0.2) is 32.8 Å². The number of rotatable bonds is 4. The highest BCUT2D eigenvalue weighted by atomic mass is 19.4. The van der Waals surface area contributed by atoms with E-state index in [4.69, 9.17) is 5.11 Å². The van der Waals surface area contributed by atoms with Crippen molar-refractivity contribution in [3.63, 3.8) is 0 Å². The standard InChI is InChI=1S/C6H8F3N3O2/c7-6(8,9)14-2-1-12-5(3-13)10-4-11-12/h4,13H,1-3H2. The minimum Gasteiger partial charge on any atom is -0.388 e. The van der Waals surface area contributed by atoms with E-state index >= 15 is 0 Å². The van der Waals surface area contributed by atoms with E-state index in [2.05, 4.69) is 14.8 Å². The summed E-state index contributed by atoms with van der Waals surface area (Å²) >= 11 is 0. The fraction of sp³-hybridized carbons (Fsp3) is 0.667. The lowest BCUT2D eigenvalue weighted by Crippen LogP contribution is -2.18. The van der Waals surface area contributed by atoms with Gasteiger partial charge < -0.3 is 5.11 Å². The number of hydrogen-bond acceptors (Lipinski definition) is 4. The molecule has 1 heterocycles. The highest BCUT2D eigenvalue weighted by Gasteiger charge is 2.28. The lowest BCUT2D eigenvalue weighted by atomic mass is 10.6. The summed E-state index contributed by atoms with van der Waals surface area (Å²) < 4.78 is 39.3. The Morgan fingerprint density at radius 2 is 2.21 bits per heavy atom. The van der Waals surface area contributed by atoms with Crippen molar-refractivity contribution in [3.05, 3.63) is 12.2 Å². The van der Waals surface area contributed by atoms with Crippen molar-refractivity contribution in [2.45, 2.75) is 19.5 Å². The van der Waals surface area contributed by atoms with Crippen LogP contribution < -0.4 is 0 Å². The molecule has 0 fully saturated rings. The number of aliphatic hydroxyl groups excluding tert-OH is 1. The van der Waals surface area contributed by atoms with E-state index < -0.39 is 13.0 Å². The van der Waals surface area contributed by atoms with Gasteiger partial charge in [0.25, 0.3) is 0 Å². The Bertz CT molecular complexity index is 286. The van der Waals surface area contributed by atoms with Gasteiger partial charge in [-0.3, -0.25) is 4.74 Å². The minimum atomic E-state index is -4.64. The fourth-order valence-corrected chi connectivity index (χ4v) is 0.845. The van der Waals surface area contributed by atoms with Gasteiger partial charge in [0.15, 0.2) is 5.82 Å². The van der Waals surface area contributed by atoms with Gasteiger partial charge in [0, 0.05) is 0 Å². The second-order valence-corrected chi connectivity index (χ2v) is 2.35. The van der Waals surface area contributed by atoms with Crippen LogP contribution in [0.3, 0.4) is 0 Å². The third-order valence-electron chi connectivity index (χ3n) is 1.41. The summed E-state index contributed by atoms with van der Waals surface area (Å²) in [7, 11) is 0. The van der Waals surface area contributed by atoms with Crippen molar-refractivity contribution in [3.8, 4) is 0 Å². The number of nitrogens with zero attached hydrogens (tertiary/aromatic N) is 3. The normalized spacial score (nSPS) is 12.0. The first-order valence-electron chi connectivity index (χ1n) is 3.71. The second kappa shape index (κ2) is 4.38. The van der Waals surface area contributed by atoms with Gasteiger partial charge in [-0.15, -0.1) is 13.2 Å². The summed E-state index contributed by atoms with van der Waals surface area (Å²) in [4.78, 5) is 3.61. The molecule has 0 radical (unpaired) electrons. The molecule has 1 rings (SSSR count). The first-order valence-corrected chi connectivity index (χ1v) is 3.71. The summed E-state index contributed by atoms with van der Waals surface area (Å²) in [5, 5.41) is 12.3. The summed E-state index contributed by atoms with van der Waals surface area (Å²) in [6.45, 7) is -1.03. The largest absolute Gasteiger partial charge is 0.522 e. The molecule has 0 bridgehead atoms. The quantitative estimate of drug-likeness (QED) is 0.778. The number of ether oxygens (including phenoxy) is 1. The van der Waals surface area contributed by atoms with E-state index in [1.807, 2.05) is 0 Å². The molecular weight excluding hydrogens is 203 g/mol. The first-order chi connectivity index (χ1) is 6.53. The van der Waals surface area contributed by atoms with Gasteiger partial charge in [-0.1, -0.05) is 0 Å². The first kappa shape index (κ1) is 10.9. The molecule has 0 amide bonds. The zero-order chi connectivity index (χ0) is 10.6. The molecular formula is C6H8F3N3O2. The average Bonchev–Trinajstić information content (AvgIpc) is 2.49. The van der Waals surface area contributed by atoms with E-state index in [9.17, 15) is 13.2 Å². The molecule has 0 aromatic carbocycles.